The third kappa shape index (κ3) is 4.93. The van der Waals surface area contributed by atoms with E-state index >= 15 is 0 Å². The number of likely N-dealkylation sites (N-methyl/N-ethyl adjacent to an activating group) is 1. The topological polar surface area (TPSA) is 48.7 Å². The van der Waals surface area contributed by atoms with Gasteiger partial charge in [-0.3, -0.25) is 0 Å². The average molecular weight is 301 g/mol. The number of rotatable bonds is 6. The van der Waals surface area contributed by atoms with Gasteiger partial charge >= 0.3 is 6.03 Å². The number of nitrogens with zero attached hydrogens (tertiary/aromatic N) is 2. The first-order valence-electron chi connectivity index (χ1n) is 7.35. The van der Waals surface area contributed by atoms with Crippen molar-refractivity contribution in [2.45, 2.75) is 13.5 Å². The molecule has 0 unspecified atom stereocenters. The minimum absolute atomic E-state index is 0.123. The first-order chi connectivity index (χ1) is 10.5. The molecule has 1 aromatic heterocycles. The highest BCUT2D eigenvalue weighted by Crippen LogP contribution is 2.12. The predicted octanol–water partition coefficient (Wildman–Crippen LogP) is 3.18. The molecule has 0 spiro atoms. The Labute approximate surface area is 131 Å². The van der Waals surface area contributed by atoms with Crippen molar-refractivity contribution in [3.63, 3.8) is 0 Å². The summed E-state index contributed by atoms with van der Waals surface area (Å²) in [5.74, 6) is 1.64. The van der Waals surface area contributed by atoms with Crippen molar-refractivity contribution in [2.75, 3.05) is 32.5 Å². The minimum Gasteiger partial charge on any atom is -0.464 e. The van der Waals surface area contributed by atoms with Gasteiger partial charge in [-0.25, -0.2) is 4.79 Å². The van der Waals surface area contributed by atoms with Gasteiger partial charge in [-0.15, -0.1) is 0 Å². The van der Waals surface area contributed by atoms with E-state index in [1.54, 1.807) is 4.90 Å². The van der Waals surface area contributed by atoms with E-state index in [0.29, 0.717) is 13.1 Å². The molecule has 0 aliphatic rings. The summed E-state index contributed by atoms with van der Waals surface area (Å²) in [4.78, 5) is 16.3. The van der Waals surface area contributed by atoms with Crippen molar-refractivity contribution in [3.05, 3.63) is 54.0 Å². The molecule has 22 heavy (non-hydrogen) atoms. The second-order valence-electron chi connectivity index (χ2n) is 5.53. The van der Waals surface area contributed by atoms with Crippen molar-refractivity contribution in [3.8, 4) is 0 Å². The summed E-state index contributed by atoms with van der Waals surface area (Å²) < 4.78 is 5.59. The molecular weight excluding hydrogens is 278 g/mol. The molecule has 118 valence electrons. The lowest BCUT2D eigenvalue weighted by atomic mass is 10.3. The molecule has 0 saturated heterocycles. The molecule has 1 N–H and O–H groups in total. The van der Waals surface area contributed by atoms with E-state index in [1.807, 2.05) is 63.5 Å². The van der Waals surface area contributed by atoms with Crippen LogP contribution in [0.4, 0.5) is 10.5 Å². The molecule has 1 aromatic carbocycles. The number of aryl methyl sites for hydroxylation is 1. The lowest BCUT2D eigenvalue weighted by Crippen LogP contribution is -2.38. The van der Waals surface area contributed by atoms with Crippen LogP contribution >= 0.6 is 0 Å². The first kappa shape index (κ1) is 16.1. The maximum Gasteiger partial charge on any atom is 0.322 e. The molecule has 0 aliphatic heterocycles. The predicted molar refractivity (Wildman–Crippen MR) is 87.9 cm³/mol. The Hall–Kier alpha value is -2.27. The summed E-state index contributed by atoms with van der Waals surface area (Å²) in [6.07, 6.45) is 0. The van der Waals surface area contributed by atoms with Crippen molar-refractivity contribution in [1.82, 2.24) is 9.80 Å². The SMILES string of the molecule is Cc1ccc(CN(CCN(C)C)C(=O)Nc2ccccc2)o1. The number of carbonyl (C=O) groups excluding carboxylic acids is 1. The van der Waals surface area contributed by atoms with Gasteiger partial charge in [-0.2, -0.15) is 0 Å². The molecule has 5 nitrogen and oxygen atoms in total. The fourth-order valence-electron chi connectivity index (χ4n) is 2.06. The van der Waals surface area contributed by atoms with Crippen LogP contribution in [0.5, 0.6) is 0 Å². The third-order valence-electron chi connectivity index (χ3n) is 3.27. The van der Waals surface area contributed by atoms with E-state index in [-0.39, 0.29) is 6.03 Å². The van der Waals surface area contributed by atoms with Crippen LogP contribution in [0.1, 0.15) is 11.5 Å². The lowest BCUT2D eigenvalue weighted by molar-refractivity contribution is 0.196. The molecule has 0 radical (unpaired) electrons. The number of anilines is 1. The largest absolute Gasteiger partial charge is 0.464 e. The zero-order valence-electron chi connectivity index (χ0n) is 13.4. The highest BCUT2D eigenvalue weighted by atomic mass is 16.3. The summed E-state index contributed by atoms with van der Waals surface area (Å²) in [7, 11) is 3.98. The molecule has 0 saturated carbocycles. The van der Waals surface area contributed by atoms with E-state index in [0.717, 1.165) is 23.8 Å². The summed E-state index contributed by atoms with van der Waals surface area (Å²) in [6, 6.07) is 13.2. The number of para-hydroxylation sites is 1. The minimum atomic E-state index is -0.123. The number of urea groups is 1. The zero-order valence-corrected chi connectivity index (χ0v) is 13.4. The second-order valence-corrected chi connectivity index (χ2v) is 5.53. The molecule has 0 aliphatic carbocycles. The number of furan rings is 1. The average Bonchev–Trinajstić information content (AvgIpc) is 2.89. The van der Waals surface area contributed by atoms with E-state index in [9.17, 15) is 4.79 Å². The zero-order chi connectivity index (χ0) is 15.9. The van der Waals surface area contributed by atoms with Crippen LogP contribution in [0.25, 0.3) is 0 Å². The monoisotopic (exact) mass is 301 g/mol. The van der Waals surface area contributed by atoms with Crippen LogP contribution < -0.4 is 5.32 Å². The van der Waals surface area contributed by atoms with Crippen LogP contribution in [0, 0.1) is 6.92 Å². The fraction of sp³-hybridized carbons (Fsp3) is 0.353. The van der Waals surface area contributed by atoms with Gasteiger partial charge in [0, 0.05) is 18.8 Å². The van der Waals surface area contributed by atoms with Gasteiger partial charge in [0.2, 0.25) is 0 Å². The Kier molecular flexibility index (Phi) is 5.61. The van der Waals surface area contributed by atoms with Crippen molar-refractivity contribution in [2.24, 2.45) is 0 Å². The number of hydrogen-bond acceptors (Lipinski definition) is 3. The van der Waals surface area contributed by atoms with Gasteiger partial charge in [0.05, 0.1) is 6.54 Å². The first-order valence-corrected chi connectivity index (χ1v) is 7.35. The quantitative estimate of drug-likeness (QED) is 0.891. The standard InChI is InChI=1S/C17H23N3O2/c1-14-9-10-16(22-14)13-20(12-11-19(2)3)17(21)18-15-7-5-4-6-8-15/h4-10H,11-13H2,1-3H3,(H,18,21). The molecule has 5 heteroatoms. The summed E-state index contributed by atoms with van der Waals surface area (Å²) >= 11 is 0. The second kappa shape index (κ2) is 7.66. The van der Waals surface area contributed by atoms with Gasteiger partial charge in [0.25, 0.3) is 0 Å². The highest BCUT2D eigenvalue weighted by Gasteiger charge is 2.16. The van der Waals surface area contributed by atoms with Crippen LogP contribution in [0.2, 0.25) is 0 Å². The van der Waals surface area contributed by atoms with Gasteiger partial charge < -0.3 is 19.5 Å². The van der Waals surface area contributed by atoms with E-state index < -0.39 is 0 Å². The Bertz CT molecular complexity index is 593. The molecule has 0 bridgehead atoms. The normalized spacial score (nSPS) is 10.7. The fourth-order valence-corrected chi connectivity index (χ4v) is 2.06. The molecule has 2 rings (SSSR count). The molecular formula is C17H23N3O2. The highest BCUT2D eigenvalue weighted by molar-refractivity contribution is 5.89. The number of hydrogen-bond donors (Lipinski definition) is 1. The van der Waals surface area contributed by atoms with Crippen molar-refractivity contribution >= 4 is 11.7 Å². The molecule has 2 amide bonds. The smallest absolute Gasteiger partial charge is 0.322 e. The molecule has 0 atom stereocenters. The van der Waals surface area contributed by atoms with Gasteiger partial charge in [-0.05, 0) is 45.3 Å². The Morgan fingerprint density at radius 2 is 1.82 bits per heavy atom. The molecule has 0 fully saturated rings. The molecule has 2 aromatic rings. The number of benzene rings is 1. The van der Waals surface area contributed by atoms with Crippen molar-refractivity contribution in [1.29, 1.82) is 0 Å². The summed E-state index contributed by atoms with van der Waals surface area (Å²) in [6.45, 7) is 3.78. The number of amides is 2. The van der Waals surface area contributed by atoms with E-state index in [4.69, 9.17) is 4.42 Å². The van der Waals surface area contributed by atoms with Gasteiger partial charge in [0.15, 0.2) is 0 Å². The maximum absolute atomic E-state index is 12.5. The lowest BCUT2D eigenvalue weighted by Gasteiger charge is -2.24. The Balaban J connectivity index is 2.03. The number of carbonyl (C=O) groups is 1. The van der Waals surface area contributed by atoms with Crippen LogP contribution in [0.3, 0.4) is 0 Å². The van der Waals surface area contributed by atoms with E-state index in [2.05, 4.69) is 10.2 Å². The van der Waals surface area contributed by atoms with Crippen LogP contribution in [-0.4, -0.2) is 43.0 Å². The van der Waals surface area contributed by atoms with Gasteiger partial charge in [0.1, 0.15) is 11.5 Å². The Morgan fingerprint density at radius 1 is 1.09 bits per heavy atom. The Morgan fingerprint density at radius 3 is 2.41 bits per heavy atom. The third-order valence-corrected chi connectivity index (χ3v) is 3.27. The maximum atomic E-state index is 12.5. The van der Waals surface area contributed by atoms with Crippen LogP contribution in [-0.2, 0) is 6.54 Å². The summed E-state index contributed by atoms with van der Waals surface area (Å²) in [5.41, 5.74) is 0.790. The summed E-state index contributed by atoms with van der Waals surface area (Å²) in [5, 5.41) is 2.92. The van der Waals surface area contributed by atoms with Crippen molar-refractivity contribution < 1.29 is 9.21 Å². The van der Waals surface area contributed by atoms with Crippen LogP contribution in [0.15, 0.2) is 46.9 Å². The van der Waals surface area contributed by atoms with E-state index in [1.165, 1.54) is 0 Å². The number of nitrogens with one attached hydrogen (secondary N) is 1. The van der Waals surface area contributed by atoms with Gasteiger partial charge in [-0.1, -0.05) is 18.2 Å². The molecule has 1 heterocycles.